The Kier molecular flexibility index (Phi) is 3.72. The molecule has 1 aromatic heterocycles. The van der Waals surface area contributed by atoms with Crippen LogP contribution in [0.2, 0.25) is 0 Å². The maximum Gasteiger partial charge on any atom is 0.419 e. The molecule has 15 heavy (non-hydrogen) atoms. The van der Waals surface area contributed by atoms with E-state index in [1.54, 1.807) is 7.05 Å². The van der Waals surface area contributed by atoms with Crippen molar-refractivity contribution >= 4 is 11.1 Å². The van der Waals surface area contributed by atoms with Crippen LogP contribution >= 0.6 is 0 Å². The average molecular weight is 207 g/mol. The maximum absolute atomic E-state index is 11.1. The number of fused-ring (bicyclic) bond motifs is 1. The summed E-state index contributed by atoms with van der Waals surface area (Å²) in [7, 11) is 1.72. The van der Waals surface area contributed by atoms with Crippen LogP contribution in [0.25, 0.3) is 11.1 Å². The smallest absolute Gasteiger partial charge is 0.408 e. The Morgan fingerprint density at radius 3 is 2.60 bits per heavy atom. The van der Waals surface area contributed by atoms with E-state index in [1.807, 2.05) is 32.0 Å². The molecule has 0 radical (unpaired) electrons. The van der Waals surface area contributed by atoms with E-state index in [0.29, 0.717) is 5.58 Å². The Hall–Kier alpha value is -1.51. The Bertz CT molecular complexity index is 494. The van der Waals surface area contributed by atoms with Crippen molar-refractivity contribution < 1.29 is 4.42 Å². The summed E-state index contributed by atoms with van der Waals surface area (Å²) in [5, 5.41) is 0. The fraction of sp³-hybridized carbons (Fsp3) is 0.417. The molecule has 0 saturated carbocycles. The fourth-order valence-electron chi connectivity index (χ4n) is 1.39. The minimum absolute atomic E-state index is 0.303. The van der Waals surface area contributed by atoms with Crippen molar-refractivity contribution in [2.24, 2.45) is 7.05 Å². The predicted octanol–water partition coefficient (Wildman–Crippen LogP) is 2.72. The van der Waals surface area contributed by atoms with Gasteiger partial charge in [-0.3, -0.25) is 4.57 Å². The van der Waals surface area contributed by atoms with Gasteiger partial charge in [0.2, 0.25) is 0 Å². The topological polar surface area (TPSA) is 35.1 Å². The summed E-state index contributed by atoms with van der Waals surface area (Å²) in [4.78, 5) is 11.1. The summed E-state index contributed by atoms with van der Waals surface area (Å²) >= 11 is 0. The fourth-order valence-corrected chi connectivity index (χ4v) is 1.39. The number of hydrogen-bond acceptors (Lipinski definition) is 2. The highest BCUT2D eigenvalue weighted by Crippen LogP contribution is 2.14. The largest absolute Gasteiger partial charge is 0.419 e. The van der Waals surface area contributed by atoms with Crippen molar-refractivity contribution in [2.45, 2.75) is 27.2 Å². The zero-order valence-corrected chi connectivity index (χ0v) is 9.70. The second-order valence-electron chi connectivity index (χ2n) is 3.08. The standard InChI is InChI=1S/C10H11NO2.C2H6/c1-3-7-4-5-9-8(6-7)11(2)10(12)13-9;1-2/h4-6H,3H2,1-2H3;1-2H3. The quantitative estimate of drug-likeness (QED) is 0.720. The lowest BCUT2D eigenvalue weighted by Crippen LogP contribution is -2.08. The summed E-state index contributed by atoms with van der Waals surface area (Å²) in [5.74, 6) is -0.303. The van der Waals surface area contributed by atoms with Gasteiger partial charge in [0.25, 0.3) is 0 Å². The molecule has 0 atom stereocenters. The lowest BCUT2D eigenvalue weighted by atomic mass is 10.1. The first-order valence-electron chi connectivity index (χ1n) is 5.31. The highest BCUT2D eigenvalue weighted by molar-refractivity contribution is 5.73. The molecule has 0 aliphatic rings. The van der Waals surface area contributed by atoms with Crippen LogP contribution in [0, 0.1) is 0 Å². The highest BCUT2D eigenvalue weighted by atomic mass is 16.4. The molecule has 0 fully saturated rings. The molecule has 3 nitrogen and oxygen atoms in total. The molecular weight excluding hydrogens is 190 g/mol. The maximum atomic E-state index is 11.1. The Labute approximate surface area is 89.3 Å². The minimum atomic E-state index is -0.303. The second-order valence-corrected chi connectivity index (χ2v) is 3.08. The first-order valence-corrected chi connectivity index (χ1v) is 5.31. The van der Waals surface area contributed by atoms with Gasteiger partial charge in [-0.1, -0.05) is 26.8 Å². The molecule has 1 heterocycles. The number of rotatable bonds is 1. The van der Waals surface area contributed by atoms with Crippen molar-refractivity contribution in [3.8, 4) is 0 Å². The number of oxazole rings is 1. The molecule has 0 aliphatic carbocycles. The van der Waals surface area contributed by atoms with Gasteiger partial charge in [-0.25, -0.2) is 4.79 Å². The molecule has 0 saturated heterocycles. The van der Waals surface area contributed by atoms with E-state index in [0.717, 1.165) is 11.9 Å². The van der Waals surface area contributed by atoms with Crippen molar-refractivity contribution in [1.82, 2.24) is 4.57 Å². The van der Waals surface area contributed by atoms with Crippen LogP contribution in [-0.4, -0.2) is 4.57 Å². The third-order valence-electron chi connectivity index (χ3n) is 2.26. The van der Waals surface area contributed by atoms with Crippen LogP contribution in [-0.2, 0) is 13.5 Å². The Morgan fingerprint density at radius 2 is 2.00 bits per heavy atom. The SMILES string of the molecule is CC.CCc1ccc2oc(=O)n(C)c2c1. The van der Waals surface area contributed by atoms with Gasteiger partial charge in [0.15, 0.2) is 5.58 Å². The van der Waals surface area contributed by atoms with E-state index in [2.05, 4.69) is 6.92 Å². The molecule has 2 aromatic rings. The van der Waals surface area contributed by atoms with Gasteiger partial charge in [0.05, 0.1) is 5.52 Å². The molecule has 0 spiro atoms. The van der Waals surface area contributed by atoms with Crippen LogP contribution in [0.4, 0.5) is 0 Å². The van der Waals surface area contributed by atoms with E-state index >= 15 is 0 Å². The van der Waals surface area contributed by atoms with Crippen LogP contribution in [0.5, 0.6) is 0 Å². The number of aryl methyl sites for hydroxylation is 2. The summed E-state index contributed by atoms with van der Waals surface area (Å²) in [5.41, 5.74) is 2.73. The van der Waals surface area contributed by atoms with E-state index in [1.165, 1.54) is 10.1 Å². The van der Waals surface area contributed by atoms with Crippen LogP contribution in [0.15, 0.2) is 27.4 Å². The lowest BCUT2D eigenvalue weighted by molar-refractivity contribution is 0.528. The van der Waals surface area contributed by atoms with E-state index < -0.39 is 0 Å². The van der Waals surface area contributed by atoms with Gasteiger partial charge in [-0.2, -0.15) is 0 Å². The molecule has 0 bridgehead atoms. The molecule has 0 unspecified atom stereocenters. The first kappa shape index (κ1) is 11.6. The van der Waals surface area contributed by atoms with Gasteiger partial charge in [-0.05, 0) is 24.1 Å². The number of aromatic nitrogens is 1. The Morgan fingerprint density at radius 1 is 1.33 bits per heavy atom. The highest BCUT2D eigenvalue weighted by Gasteiger charge is 2.04. The van der Waals surface area contributed by atoms with E-state index in [-0.39, 0.29) is 5.76 Å². The van der Waals surface area contributed by atoms with Crippen LogP contribution < -0.4 is 5.76 Å². The summed E-state index contributed by atoms with van der Waals surface area (Å²) < 4.78 is 6.53. The van der Waals surface area contributed by atoms with Gasteiger partial charge >= 0.3 is 5.76 Å². The Balaban J connectivity index is 0.000000531. The summed E-state index contributed by atoms with van der Waals surface area (Å²) in [6.45, 7) is 6.08. The second kappa shape index (κ2) is 4.82. The van der Waals surface area contributed by atoms with Crippen LogP contribution in [0.1, 0.15) is 26.3 Å². The van der Waals surface area contributed by atoms with Gasteiger partial charge in [-0.15, -0.1) is 0 Å². The molecule has 0 N–H and O–H groups in total. The molecular formula is C12H17NO2. The molecule has 3 heteroatoms. The van der Waals surface area contributed by atoms with Crippen LogP contribution in [0.3, 0.4) is 0 Å². The minimum Gasteiger partial charge on any atom is -0.408 e. The molecule has 0 aliphatic heterocycles. The molecule has 2 rings (SSSR count). The number of benzene rings is 1. The van der Waals surface area contributed by atoms with Gasteiger partial charge < -0.3 is 4.42 Å². The van der Waals surface area contributed by atoms with Gasteiger partial charge in [0, 0.05) is 7.05 Å². The molecule has 0 amide bonds. The normalized spacial score (nSPS) is 9.87. The van der Waals surface area contributed by atoms with Crippen molar-refractivity contribution in [1.29, 1.82) is 0 Å². The zero-order chi connectivity index (χ0) is 11.4. The lowest BCUT2D eigenvalue weighted by Gasteiger charge is -1.95. The van der Waals surface area contributed by atoms with Crippen molar-refractivity contribution in [3.05, 3.63) is 34.3 Å². The van der Waals surface area contributed by atoms with Crippen molar-refractivity contribution in [2.75, 3.05) is 0 Å². The van der Waals surface area contributed by atoms with Crippen molar-refractivity contribution in [3.63, 3.8) is 0 Å². The van der Waals surface area contributed by atoms with E-state index in [9.17, 15) is 4.79 Å². The number of hydrogen-bond donors (Lipinski definition) is 0. The summed E-state index contributed by atoms with van der Waals surface area (Å²) in [6, 6.07) is 5.81. The summed E-state index contributed by atoms with van der Waals surface area (Å²) in [6.07, 6.45) is 0.968. The first-order chi connectivity index (χ1) is 7.22. The monoisotopic (exact) mass is 207 g/mol. The van der Waals surface area contributed by atoms with E-state index in [4.69, 9.17) is 4.42 Å². The third-order valence-corrected chi connectivity index (χ3v) is 2.26. The average Bonchev–Trinajstić information content (AvgIpc) is 2.57. The molecule has 1 aromatic carbocycles. The predicted molar refractivity (Wildman–Crippen MR) is 62.2 cm³/mol. The third kappa shape index (κ3) is 2.12. The number of nitrogens with zero attached hydrogens (tertiary/aromatic N) is 1. The zero-order valence-electron chi connectivity index (χ0n) is 9.70. The van der Waals surface area contributed by atoms with Gasteiger partial charge in [0.1, 0.15) is 0 Å². The molecule has 82 valence electrons.